The molecule has 32 heavy (non-hydrogen) atoms. The first-order valence-corrected chi connectivity index (χ1v) is 10.4. The Kier molecular flexibility index (Phi) is 6.61. The Hall–Kier alpha value is -3.92. The molecule has 166 valence electrons. The predicted molar refractivity (Wildman–Crippen MR) is 119 cm³/mol. The lowest BCUT2D eigenvalue weighted by atomic mass is 10.2. The van der Waals surface area contributed by atoms with E-state index in [-0.39, 0.29) is 5.69 Å². The summed E-state index contributed by atoms with van der Waals surface area (Å²) in [5.74, 6) is -0.308. The van der Waals surface area contributed by atoms with E-state index in [0.29, 0.717) is 18.0 Å². The zero-order valence-corrected chi connectivity index (χ0v) is 17.6. The molecule has 1 saturated heterocycles. The molecule has 1 aliphatic heterocycles. The number of nitrogens with zero attached hydrogens (tertiary/aromatic N) is 5. The number of hydrogen-bond acceptors (Lipinski definition) is 7. The van der Waals surface area contributed by atoms with Gasteiger partial charge in [0, 0.05) is 51.0 Å². The quantitative estimate of drug-likeness (QED) is 0.574. The van der Waals surface area contributed by atoms with E-state index < -0.39 is 12.0 Å². The molecule has 2 heterocycles. The van der Waals surface area contributed by atoms with Crippen molar-refractivity contribution < 1.29 is 14.3 Å². The van der Waals surface area contributed by atoms with Crippen LogP contribution in [0.2, 0.25) is 0 Å². The van der Waals surface area contributed by atoms with Crippen LogP contribution in [0.4, 0.5) is 10.5 Å². The summed E-state index contributed by atoms with van der Waals surface area (Å²) in [6, 6.07) is 17.1. The third kappa shape index (κ3) is 5.41. The average molecular weight is 435 g/mol. The maximum atomic E-state index is 12.2. The van der Waals surface area contributed by atoms with E-state index in [2.05, 4.69) is 49.7 Å². The molecule has 2 amide bonds. The molecule has 4 rings (SSSR count). The van der Waals surface area contributed by atoms with E-state index in [1.165, 1.54) is 16.6 Å². The Bertz CT molecular complexity index is 1060. The van der Waals surface area contributed by atoms with Crippen molar-refractivity contribution in [2.24, 2.45) is 5.73 Å². The third-order valence-electron chi connectivity index (χ3n) is 5.23. The maximum absolute atomic E-state index is 12.2. The predicted octanol–water partition coefficient (Wildman–Crippen LogP) is 1.28. The van der Waals surface area contributed by atoms with Gasteiger partial charge in [0.1, 0.15) is 5.75 Å². The van der Waals surface area contributed by atoms with E-state index in [1.54, 1.807) is 24.3 Å². The van der Waals surface area contributed by atoms with Crippen LogP contribution in [0.1, 0.15) is 10.5 Å². The lowest BCUT2D eigenvalue weighted by Crippen LogP contribution is -2.48. The second-order valence-electron chi connectivity index (χ2n) is 7.39. The molecule has 10 nitrogen and oxygen atoms in total. The van der Waals surface area contributed by atoms with Crippen LogP contribution in [0.25, 0.3) is 5.69 Å². The molecule has 0 aliphatic carbocycles. The van der Waals surface area contributed by atoms with Crippen molar-refractivity contribution in [1.82, 2.24) is 25.2 Å². The number of para-hydroxylation sites is 1. The van der Waals surface area contributed by atoms with Crippen molar-refractivity contribution in [3.05, 3.63) is 66.5 Å². The standard InChI is InChI=1S/C22H25N7O3/c23-21(30)20-16-29(26-25-20)18-7-4-8-19(15-18)32-22(31)24-9-10-27-11-13-28(14-12-27)17-5-2-1-3-6-17/h1-8,15-16H,9-14H2,(H2,23,30)(H,24,31). The first-order valence-electron chi connectivity index (χ1n) is 10.4. The molecule has 1 fully saturated rings. The largest absolute Gasteiger partial charge is 0.412 e. The van der Waals surface area contributed by atoms with Gasteiger partial charge in [0.25, 0.3) is 5.91 Å². The number of nitrogens with two attached hydrogens (primary N) is 1. The summed E-state index contributed by atoms with van der Waals surface area (Å²) in [4.78, 5) is 28.0. The molecule has 10 heteroatoms. The highest BCUT2D eigenvalue weighted by atomic mass is 16.6. The molecule has 0 unspecified atom stereocenters. The lowest BCUT2D eigenvalue weighted by molar-refractivity contribution is 0.0995. The number of amides is 2. The van der Waals surface area contributed by atoms with Crippen LogP contribution >= 0.6 is 0 Å². The molecule has 0 spiro atoms. The van der Waals surface area contributed by atoms with Crippen molar-refractivity contribution in [2.75, 3.05) is 44.2 Å². The molecular weight excluding hydrogens is 410 g/mol. The molecule has 0 radical (unpaired) electrons. The molecule has 2 aromatic carbocycles. The number of rotatable bonds is 7. The summed E-state index contributed by atoms with van der Waals surface area (Å²) >= 11 is 0. The van der Waals surface area contributed by atoms with E-state index in [4.69, 9.17) is 10.5 Å². The van der Waals surface area contributed by atoms with Gasteiger partial charge in [0.05, 0.1) is 11.9 Å². The third-order valence-corrected chi connectivity index (χ3v) is 5.23. The summed E-state index contributed by atoms with van der Waals surface area (Å²) in [6.07, 6.45) is 0.889. The van der Waals surface area contributed by atoms with Gasteiger partial charge in [-0.25, -0.2) is 9.48 Å². The average Bonchev–Trinajstić information content (AvgIpc) is 3.31. The Morgan fingerprint density at radius 2 is 1.75 bits per heavy atom. The van der Waals surface area contributed by atoms with Gasteiger partial charge >= 0.3 is 6.09 Å². The van der Waals surface area contributed by atoms with Gasteiger partial charge in [0.2, 0.25) is 0 Å². The van der Waals surface area contributed by atoms with Gasteiger partial charge in [-0.05, 0) is 24.3 Å². The fourth-order valence-corrected chi connectivity index (χ4v) is 3.52. The number of anilines is 1. The monoisotopic (exact) mass is 435 g/mol. The highest BCUT2D eigenvalue weighted by Gasteiger charge is 2.17. The molecule has 1 aromatic heterocycles. The zero-order chi connectivity index (χ0) is 22.3. The van der Waals surface area contributed by atoms with Crippen molar-refractivity contribution in [1.29, 1.82) is 0 Å². The van der Waals surface area contributed by atoms with Crippen LogP contribution in [-0.2, 0) is 0 Å². The van der Waals surface area contributed by atoms with Gasteiger partial charge in [-0.3, -0.25) is 9.69 Å². The van der Waals surface area contributed by atoms with Gasteiger partial charge in [-0.2, -0.15) is 0 Å². The molecule has 0 atom stereocenters. The summed E-state index contributed by atoms with van der Waals surface area (Å²) in [5, 5.41) is 10.3. The Labute approximate surface area is 185 Å². The maximum Gasteiger partial charge on any atom is 0.412 e. The van der Waals surface area contributed by atoms with Crippen molar-refractivity contribution in [3.8, 4) is 11.4 Å². The Morgan fingerprint density at radius 3 is 2.47 bits per heavy atom. The SMILES string of the molecule is NC(=O)c1cn(-c2cccc(OC(=O)NCCN3CCN(c4ccccc4)CC3)c2)nn1. The van der Waals surface area contributed by atoms with Crippen LogP contribution in [-0.4, -0.2) is 71.2 Å². The van der Waals surface area contributed by atoms with E-state index in [1.807, 2.05) is 6.07 Å². The van der Waals surface area contributed by atoms with Crippen LogP contribution in [0.15, 0.2) is 60.8 Å². The number of aromatic nitrogens is 3. The Balaban J connectivity index is 1.21. The van der Waals surface area contributed by atoms with Crippen LogP contribution in [0, 0.1) is 0 Å². The van der Waals surface area contributed by atoms with Gasteiger partial charge in [0.15, 0.2) is 5.69 Å². The lowest BCUT2D eigenvalue weighted by Gasteiger charge is -2.36. The van der Waals surface area contributed by atoms with Crippen LogP contribution < -0.4 is 20.7 Å². The normalized spacial score (nSPS) is 14.2. The number of ether oxygens (including phenoxy) is 1. The van der Waals surface area contributed by atoms with Gasteiger partial charge in [-0.15, -0.1) is 5.10 Å². The zero-order valence-electron chi connectivity index (χ0n) is 17.6. The number of primary amides is 1. The summed E-state index contributed by atoms with van der Waals surface area (Å²) in [5.41, 5.74) is 7.08. The molecule has 1 aliphatic rings. The molecule has 0 saturated carbocycles. The Morgan fingerprint density at radius 1 is 1.00 bits per heavy atom. The van der Waals surface area contributed by atoms with Crippen molar-refractivity contribution >= 4 is 17.7 Å². The molecule has 3 N–H and O–H groups in total. The van der Waals surface area contributed by atoms with Crippen LogP contribution in [0.5, 0.6) is 5.75 Å². The first kappa shape index (κ1) is 21.3. The number of carbonyl (C=O) groups excluding carboxylic acids is 2. The minimum Gasteiger partial charge on any atom is -0.410 e. The first-order chi connectivity index (χ1) is 15.6. The van der Waals surface area contributed by atoms with Gasteiger partial charge in [-0.1, -0.05) is 29.5 Å². The van der Waals surface area contributed by atoms with Gasteiger partial charge < -0.3 is 20.7 Å². The second kappa shape index (κ2) is 9.92. The summed E-state index contributed by atoms with van der Waals surface area (Å²) < 4.78 is 6.75. The van der Waals surface area contributed by atoms with E-state index in [0.717, 1.165) is 32.7 Å². The minimum absolute atomic E-state index is 0.0543. The molecule has 0 bridgehead atoms. The highest BCUT2D eigenvalue weighted by Crippen LogP contribution is 2.17. The second-order valence-corrected chi connectivity index (χ2v) is 7.39. The van der Waals surface area contributed by atoms with E-state index >= 15 is 0 Å². The number of piperazine rings is 1. The van der Waals surface area contributed by atoms with E-state index in [9.17, 15) is 9.59 Å². The number of carbonyl (C=O) groups is 2. The molecule has 3 aromatic rings. The summed E-state index contributed by atoms with van der Waals surface area (Å²) in [6.45, 7) is 5.06. The highest BCUT2D eigenvalue weighted by molar-refractivity contribution is 5.90. The van der Waals surface area contributed by atoms with Crippen LogP contribution in [0.3, 0.4) is 0 Å². The number of hydrogen-bond donors (Lipinski definition) is 2. The minimum atomic E-state index is -0.662. The fourth-order valence-electron chi connectivity index (χ4n) is 3.52. The number of benzene rings is 2. The topological polar surface area (TPSA) is 119 Å². The van der Waals surface area contributed by atoms with Crippen molar-refractivity contribution in [2.45, 2.75) is 0 Å². The molecular formula is C22H25N7O3. The van der Waals surface area contributed by atoms with Crippen molar-refractivity contribution in [3.63, 3.8) is 0 Å². The summed E-state index contributed by atoms with van der Waals surface area (Å²) in [7, 11) is 0. The fraction of sp³-hybridized carbons (Fsp3) is 0.273. The number of nitrogens with one attached hydrogen (secondary N) is 1. The smallest absolute Gasteiger partial charge is 0.410 e.